The van der Waals surface area contributed by atoms with Gasteiger partial charge in [0.25, 0.3) is 0 Å². The highest BCUT2D eigenvalue weighted by molar-refractivity contribution is 4.89. The number of ether oxygens (including phenoxy) is 2. The van der Waals surface area contributed by atoms with Crippen LogP contribution in [0.25, 0.3) is 0 Å². The molecule has 2 aliphatic carbocycles. The van der Waals surface area contributed by atoms with Gasteiger partial charge in [0.15, 0.2) is 5.79 Å². The van der Waals surface area contributed by atoms with Crippen molar-refractivity contribution in [1.29, 1.82) is 0 Å². The molecule has 1 heterocycles. The van der Waals surface area contributed by atoms with Gasteiger partial charge in [0.05, 0.1) is 13.2 Å². The van der Waals surface area contributed by atoms with E-state index < -0.39 is 0 Å². The molecule has 0 radical (unpaired) electrons. The van der Waals surface area contributed by atoms with Gasteiger partial charge in [0.2, 0.25) is 0 Å². The van der Waals surface area contributed by atoms with Crippen LogP contribution >= 0.6 is 0 Å². The Morgan fingerprint density at radius 3 is 2.37 bits per heavy atom. The molecule has 19 heavy (non-hydrogen) atoms. The first-order valence-corrected chi connectivity index (χ1v) is 8.35. The van der Waals surface area contributed by atoms with Crippen LogP contribution < -0.4 is 5.32 Å². The molecule has 1 saturated heterocycles. The Bertz CT molecular complexity index is 278. The number of nitrogens with one attached hydrogen (secondary N) is 1. The Balaban J connectivity index is 1.48. The molecule has 3 heteroatoms. The molecule has 2 atom stereocenters. The number of hydrogen-bond acceptors (Lipinski definition) is 3. The first kappa shape index (κ1) is 13.8. The SMILES string of the molecule is CCC1CCCCC1NC1CCC2(CC1)OCCO2. The van der Waals surface area contributed by atoms with Gasteiger partial charge in [-0.2, -0.15) is 0 Å². The molecule has 0 aromatic rings. The van der Waals surface area contributed by atoms with Crippen molar-refractivity contribution in [2.45, 2.75) is 82.6 Å². The highest BCUT2D eigenvalue weighted by Crippen LogP contribution is 2.36. The Hall–Kier alpha value is -0.120. The minimum atomic E-state index is -0.200. The maximum atomic E-state index is 5.81. The first-order chi connectivity index (χ1) is 9.31. The molecule has 2 saturated carbocycles. The standard InChI is InChI=1S/C16H29NO2/c1-2-13-5-3-4-6-15(13)17-14-7-9-16(10-8-14)18-11-12-19-16/h13-15,17H,2-12H2,1H3. The average molecular weight is 267 g/mol. The molecule has 2 unspecified atom stereocenters. The van der Waals surface area contributed by atoms with Crippen LogP contribution in [0.15, 0.2) is 0 Å². The van der Waals surface area contributed by atoms with Crippen molar-refractivity contribution in [2.75, 3.05) is 13.2 Å². The van der Waals surface area contributed by atoms with Crippen LogP contribution in [-0.4, -0.2) is 31.1 Å². The van der Waals surface area contributed by atoms with E-state index in [9.17, 15) is 0 Å². The summed E-state index contributed by atoms with van der Waals surface area (Å²) >= 11 is 0. The lowest BCUT2D eigenvalue weighted by Gasteiger charge is -2.40. The van der Waals surface area contributed by atoms with Crippen LogP contribution in [0.3, 0.4) is 0 Å². The summed E-state index contributed by atoms with van der Waals surface area (Å²) in [7, 11) is 0. The zero-order chi connectivity index (χ0) is 13.1. The molecule has 3 rings (SSSR count). The Labute approximate surface area is 117 Å². The van der Waals surface area contributed by atoms with E-state index in [0.29, 0.717) is 6.04 Å². The molecule has 3 fully saturated rings. The highest BCUT2D eigenvalue weighted by Gasteiger charge is 2.40. The lowest BCUT2D eigenvalue weighted by Crippen LogP contribution is -2.48. The topological polar surface area (TPSA) is 30.5 Å². The second kappa shape index (κ2) is 6.11. The predicted octanol–water partition coefficient (Wildman–Crippen LogP) is 3.23. The van der Waals surface area contributed by atoms with E-state index in [1.807, 2.05) is 0 Å². The summed E-state index contributed by atoms with van der Waals surface area (Å²) in [5, 5.41) is 3.95. The second-order valence-corrected chi connectivity index (χ2v) is 6.61. The summed E-state index contributed by atoms with van der Waals surface area (Å²) in [6.45, 7) is 3.93. The van der Waals surface area contributed by atoms with Crippen LogP contribution in [0.4, 0.5) is 0 Å². The first-order valence-electron chi connectivity index (χ1n) is 8.35. The predicted molar refractivity (Wildman–Crippen MR) is 76.1 cm³/mol. The van der Waals surface area contributed by atoms with Crippen molar-refractivity contribution < 1.29 is 9.47 Å². The van der Waals surface area contributed by atoms with Gasteiger partial charge >= 0.3 is 0 Å². The minimum absolute atomic E-state index is 0.200. The highest BCUT2D eigenvalue weighted by atomic mass is 16.7. The van der Waals surface area contributed by atoms with Crippen LogP contribution in [0.1, 0.15) is 64.7 Å². The van der Waals surface area contributed by atoms with E-state index in [0.717, 1.165) is 38.0 Å². The molecule has 110 valence electrons. The third-order valence-electron chi connectivity index (χ3n) is 5.44. The van der Waals surface area contributed by atoms with E-state index in [2.05, 4.69) is 12.2 Å². The fraction of sp³-hybridized carbons (Fsp3) is 1.00. The van der Waals surface area contributed by atoms with E-state index in [4.69, 9.17) is 9.47 Å². The number of rotatable bonds is 3. The van der Waals surface area contributed by atoms with Gasteiger partial charge in [-0.1, -0.05) is 26.2 Å². The fourth-order valence-corrected chi connectivity index (χ4v) is 4.23. The van der Waals surface area contributed by atoms with Gasteiger partial charge in [0.1, 0.15) is 0 Å². The van der Waals surface area contributed by atoms with Gasteiger partial charge in [-0.25, -0.2) is 0 Å². The smallest absolute Gasteiger partial charge is 0.168 e. The molecule has 3 aliphatic rings. The quantitative estimate of drug-likeness (QED) is 0.851. The molecule has 3 nitrogen and oxygen atoms in total. The van der Waals surface area contributed by atoms with Crippen LogP contribution in [0.5, 0.6) is 0 Å². The lowest BCUT2D eigenvalue weighted by molar-refractivity contribution is -0.180. The normalized spacial score (nSPS) is 35.8. The van der Waals surface area contributed by atoms with Gasteiger partial charge in [-0.15, -0.1) is 0 Å². The maximum absolute atomic E-state index is 5.81. The molecule has 1 N–H and O–H groups in total. The summed E-state index contributed by atoms with van der Waals surface area (Å²) in [4.78, 5) is 0. The third-order valence-corrected chi connectivity index (χ3v) is 5.44. The summed E-state index contributed by atoms with van der Waals surface area (Å²) in [6, 6.07) is 1.46. The van der Waals surface area contributed by atoms with E-state index in [-0.39, 0.29) is 5.79 Å². The van der Waals surface area contributed by atoms with Crippen molar-refractivity contribution in [1.82, 2.24) is 5.32 Å². The summed E-state index contributed by atoms with van der Waals surface area (Å²) in [5.41, 5.74) is 0. The molecule has 0 amide bonds. The van der Waals surface area contributed by atoms with Crippen molar-refractivity contribution in [2.24, 2.45) is 5.92 Å². The van der Waals surface area contributed by atoms with Gasteiger partial charge in [0, 0.05) is 24.9 Å². The molecular formula is C16H29NO2. The Morgan fingerprint density at radius 1 is 1.00 bits per heavy atom. The van der Waals surface area contributed by atoms with E-state index in [1.165, 1.54) is 44.9 Å². The molecule has 0 aromatic carbocycles. The van der Waals surface area contributed by atoms with Gasteiger partial charge in [-0.05, 0) is 31.6 Å². The van der Waals surface area contributed by atoms with E-state index >= 15 is 0 Å². The minimum Gasteiger partial charge on any atom is -0.348 e. The van der Waals surface area contributed by atoms with Crippen molar-refractivity contribution in [3.63, 3.8) is 0 Å². The van der Waals surface area contributed by atoms with Crippen LogP contribution in [-0.2, 0) is 9.47 Å². The molecular weight excluding hydrogens is 238 g/mol. The zero-order valence-corrected chi connectivity index (χ0v) is 12.3. The Kier molecular flexibility index (Phi) is 4.45. The van der Waals surface area contributed by atoms with Crippen LogP contribution in [0, 0.1) is 5.92 Å². The van der Waals surface area contributed by atoms with Crippen molar-refractivity contribution in [3.05, 3.63) is 0 Å². The summed E-state index contributed by atoms with van der Waals surface area (Å²) in [5.74, 6) is 0.707. The molecule has 1 aliphatic heterocycles. The van der Waals surface area contributed by atoms with Crippen LogP contribution in [0.2, 0.25) is 0 Å². The monoisotopic (exact) mass is 267 g/mol. The number of hydrogen-bond donors (Lipinski definition) is 1. The second-order valence-electron chi connectivity index (χ2n) is 6.61. The zero-order valence-electron chi connectivity index (χ0n) is 12.3. The van der Waals surface area contributed by atoms with Crippen molar-refractivity contribution in [3.8, 4) is 0 Å². The molecule has 1 spiro atoms. The molecule has 0 aromatic heterocycles. The largest absolute Gasteiger partial charge is 0.348 e. The van der Waals surface area contributed by atoms with E-state index in [1.54, 1.807) is 0 Å². The fourth-order valence-electron chi connectivity index (χ4n) is 4.23. The van der Waals surface area contributed by atoms with Gasteiger partial charge in [-0.3, -0.25) is 0 Å². The maximum Gasteiger partial charge on any atom is 0.168 e. The summed E-state index contributed by atoms with van der Waals surface area (Å²) in [6.07, 6.45) is 11.6. The Morgan fingerprint density at radius 2 is 1.68 bits per heavy atom. The van der Waals surface area contributed by atoms with Crippen molar-refractivity contribution >= 4 is 0 Å². The average Bonchev–Trinajstić information content (AvgIpc) is 2.91. The van der Waals surface area contributed by atoms with Gasteiger partial charge < -0.3 is 14.8 Å². The lowest BCUT2D eigenvalue weighted by atomic mass is 9.81. The summed E-state index contributed by atoms with van der Waals surface area (Å²) < 4.78 is 11.6. The third kappa shape index (κ3) is 3.14. The molecule has 0 bridgehead atoms.